The van der Waals surface area contributed by atoms with Crippen molar-refractivity contribution in [2.24, 2.45) is 51.2 Å². The van der Waals surface area contributed by atoms with Gasteiger partial charge < -0.3 is 9.47 Å². The minimum absolute atomic E-state index is 0.245. The van der Waals surface area contributed by atoms with E-state index in [-0.39, 0.29) is 5.97 Å². The molecule has 0 spiro atoms. The van der Waals surface area contributed by atoms with Gasteiger partial charge in [-0.05, 0) is 122 Å². The monoisotopic (exact) mass is 608 g/mol. The Balaban J connectivity index is 0.000000243. The molecule has 0 amide bonds. The van der Waals surface area contributed by atoms with Crippen LogP contribution in [0.25, 0.3) is 0 Å². The zero-order valence-electron chi connectivity index (χ0n) is 29.5. The van der Waals surface area contributed by atoms with E-state index in [0.717, 1.165) is 35.2 Å². The van der Waals surface area contributed by atoms with E-state index in [2.05, 4.69) is 50.7 Å². The first-order chi connectivity index (χ1) is 20.9. The zero-order chi connectivity index (χ0) is 32.6. The van der Waals surface area contributed by atoms with Crippen molar-refractivity contribution in [2.45, 2.75) is 132 Å². The fraction of sp³-hybridized carbons (Fsp3) is 0.750. The van der Waals surface area contributed by atoms with Crippen LogP contribution >= 0.6 is 0 Å². The van der Waals surface area contributed by atoms with Gasteiger partial charge in [0.05, 0.1) is 7.11 Å². The van der Waals surface area contributed by atoms with Gasteiger partial charge in [-0.1, -0.05) is 90.3 Å². The zero-order valence-corrected chi connectivity index (χ0v) is 29.5. The fourth-order valence-electron chi connectivity index (χ4n) is 11.3. The molecule has 9 unspecified atom stereocenters. The third-order valence-electron chi connectivity index (χ3n) is 13.6. The van der Waals surface area contributed by atoms with Gasteiger partial charge in [-0.2, -0.15) is 0 Å². The largest absolute Gasteiger partial charge is 0.469 e. The Bertz CT molecular complexity index is 1070. The summed E-state index contributed by atoms with van der Waals surface area (Å²) in [6.45, 7) is 21.0. The molecule has 44 heavy (non-hydrogen) atoms. The average Bonchev–Trinajstić information content (AvgIpc) is 3.39. The quantitative estimate of drug-likeness (QED) is 0.195. The summed E-state index contributed by atoms with van der Waals surface area (Å²) in [6, 6.07) is 9.55. The minimum atomic E-state index is -0.245. The first-order valence-corrected chi connectivity index (χ1v) is 17.6. The molecule has 0 heterocycles. The maximum absolute atomic E-state index is 9.76. The summed E-state index contributed by atoms with van der Waals surface area (Å²) in [5, 5.41) is 0. The molecule has 6 rings (SSSR count). The van der Waals surface area contributed by atoms with Crippen molar-refractivity contribution >= 4 is 12.4 Å². The maximum Gasteiger partial charge on any atom is 0.302 e. The van der Waals surface area contributed by atoms with Crippen LogP contribution in [0, 0.1) is 51.2 Å². The molecule has 5 saturated carbocycles. The Labute approximate surface area is 270 Å². The van der Waals surface area contributed by atoms with E-state index in [1.54, 1.807) is 31.8 Å². The van der Waals surface area contributed by atoms with Crippen LogP contribution in [0.4, 0.5) is 0 Å². The van der Waals surface area contributed by atoms with E-state index >= 15 is 0 Å². The lowest BCUT2D eigenvalue weighted by Crippen LogP contribution is -2.64. The number of hydrogen-bond donors (Lipinski definition) is 0. The highest BCUT2D eigenvalue weighted by molar-refractivity contribution is 5.65. The molecule has 0 radical (unpaired) electrons. The van der Waals surface area contributed by atoms with E-state index in [9.17, 15) is 9.59 Å². The summed E-state index contributed by atoms with van der Waals surface area (Å²) < 4.78 is 8.65. The average molecular weight is 609 g/mol. The number of rotatable bonds is 3. The van der Waals surface area contributed by atoms with E-state index in [4.69, 9.17) is 0 Å². The molecule has 5 fully saturated rings. The lowest BCUT2D eigenvalue weighted by Gasteiger charge is -2.71. The Kier molecular flexibility index (Phi) is 12.8. The molecule has 1 aromatic rings. The first-order valence-electron chi connectivity index (χ1n) is 17.6. The molecule has 0 N–H and O–H groups in total. The lowest BCUT2D eigenvalue weighted by atomic mass is 9.33. The molecule has 0 aromatic heterocycles. The number of esters is 1. The molecule has 0 bridgehead atoms. The van der Waals surface area contributed by atoms with Crippen LogP contribution in [0.5, 0.6) is 0 Å². The predicted molar refractivity (Wildman–Crippen MR) is 182 cm³/mol. The number of ether oxygens (including phenoxy) is 2. The van der Waals surface area contributed by atoms with Crippen molar-refractivity contribution in [3.8, 4) is 0 Å². The van der Waals surface area contributed by atoms with Gasteiger partial charge >= 0.3 is 5.97 Å². The van der Waals surface area contributed by atoms with E-state index in [1.807, 2.05) is 37.3 Å². The molecule has 5 aliphatic carbocycles. The SMILES string of the molecule is C=CC.CC1CCCC2(C)C1CCC1(C)C2CCC2C3CCCC3(C)CCC21C.COC(C)=O.O=COCc1ccccc1. The smallest absolute Gasteiger partial charge is 0.302 e. The third-order valence-corrected chi connectivity index (χ3v) is 13.6. The topological polar surface area (TPSA) is 52.6 Å². The van der Waals surface area contributed by atoms with Crippen molar-refractivity contribution < 1.29 is 19.1 Å². The van der Waals surface area contributed by atoms with Crippen LogP contribution in [0.15, 0.2) is 43.0 Å². The van der Waals surface area contributed by atoms with Gasteiger partial charge in [0.1, 0.15) is 6.61 Å². The number of carbonyl (C=O) groups is 2. The van der Waals surface area contributed by atoms with Gasteiger partial charge in [0, 0.05) is 6.92 Å². The highest BCUT2D eigenvalue weighted by Gasteiger charge is 2.67. The van der Waals surface area contributed by atoms with Crippen LogP contribution in [0.3, 0.4) is 0 Å². The first kappa shape index (κ1) is 36.4. The van der Waals surface area contributed by atoms with Gasteiger partial charge in [-0.25, -0.2) is 0 Å². The van der Waals surface area contributed by atoms with Crippen LogP contribution in [0.2, 0.25) is 0 Å². The summed E-state index contributed by atoms with van der Waals surface area (Å²) in [5.41, 5.74) is 3.60. The molecule has 1 aromatic carbocycles. The predicted octanol–water partition coefficient (Wildman–Crippen LogP) is 10.6. The normalized spacial score (nSPS) is 39.7. The van der Waals surface area contributed by atoms with Crippen LogP contribution in [0.1, 0.15) is 131 Å². The van der Waals surface area contributed by atoms with Gasteiger partial charge in [0.15, 0.2) is 0 Å². The second-order valence-electron chi connectivity index (χ2n) is 15.7. The fourth-order valence-corrected chi connectivity index (χ4v) is 11.3. The molecule has 9 atom stereocenters. The van der Waals surface area contributed by atoms with E-state index in [0.29, 0.717) is 34.7 Å². The lowest BCUT2D eigenvalue weighted by molar-refractivity contribution is -0.224. The summed E-state index contributed by atoms with van der Waals surface area (Å²) in [5.74, 6) is 4.85. The van der Waals surface area contributed by atoms with Crippen LogP contribution in [-0.4, -0.2) is 19.6 Å². The molecule has 5 aliphatic rings. The third kappa shape index (κ3) is 7.31. The molecule has 248 valence electrons. The highest BCUT2D eigenvalue weighted by atomic mass is 16.5. The number of hydrogen-bond acceptors (Lipinski definition) is 4. The van der Waals surface area contributed by atoms with Crippen molar-refractivity contribution in [3.05, 3.63) is 48.6 Å². The number of allylic oxidation sites excluding steroid dienone is 1. The number of carbonyl (C=O) groups excluding carboxylic acids is 2. The van der Waals surface area contributed by atoms with Crippen LogP contribution in [-0.2, 0) is 25.7 Å². The molecular weight excluding hydrogens is 544 g/mol. The van der Waals surface area contributed by atoms with E-state index < -0.39 is 0 Å². The Hall–Kier alpha value is -2.10. The van der Waals surface area contributed by atoms with Gasteiger partial charge in [0.2, 0.25) is 0 Å². The van der Waals surface area contributed by atoms with E-state index in [1.165, 1.54) is 65.4 Å². The number of fused-ring (bicyclic) bond motifs is 7. The van der Waals surface area contributed by atoms with Gasteiger partial charge in [-0.15, -0.1) is 6.58 Å². The van der Waals surface area contributed by atoms with Gasteiger partial charge in [0.25, 0.3) is 6.47 Å². The van der Waals surface area contributed by atoms with Crippen molar-refractivity contribution in [3.63, 3.8) is 0 Å². The molecule has 4 nitrogen and oxygen atoms in total. The number of benzene rings is 1. The molecular formula is C40H64O4. The van der Waals surface area contributed by atoms with Crippen molar-refractivity contribution in [1.29, 1.82) is 0 Å². The Morgan fingerprint density at radius 1 is 0.864 bits per heavy atom. The standard InChI is InChI=1S/C26H44.C8H8O2.C3H6O2.C3H6/c1-18-8-6-14-24(3)19(18)12-15-26(5)22(24)11-10-21-20-9-7-13-23(20,2)16-17-25(21,26)4;9-7-10-6-8-4-2-1-3-5-8;1-3(4)5-2;1-3-2/h18-22H,6-17H2,1-5H3;1-5,7H,6H2;1-2H3;3H,1H2,2H3. The van der Waals surface area contributed by atoms with Crippen molar-refractivity contribution in [2.75, 3.05) is 7.11 Å². The summed E-state index contributed by atoms with van der Waals surface area (Å²) in [6.07, 6.45) is 20.2. The summed E-state index contributed by atoms with van der Waals surface area (Å²) in [7, 11) is 1.35. The summed E-state index contributed by atoms with van der Waals surface area (Å²) >= 11 is 0. The molecule has 4 heteroatoms. The summed E-state index contributed by atoms with van der Waals surface area (Å²) in [4.78, 5) is 19.3. The molecule has 0 aliphatic heterocycles. The second kappa shape index (κ2) is 15.5. The minimum Gasteiger partial charge on any atom is -0.469 e. The highest BCUT2D eigenvalue weighted by Crippen LogP contribution is 2.75. The Morgan fingerprint density at radius 2 is 1.50 bits per heavy atom. The van der Waals surface area contributed by atoms with Crippen LogP contribution < -0.4 is 0 Å². The van der Waals surface area contributed by atoms with Crippen molar-refractivity contribution in [1.82, 2.24) is 0 Å². The maximum atomic E-state index is 9.76. The van der Waals surface area contributed by atoms with Gasteiger partial charge in [-0.3, -0.25) is 9.59 Å². The number of methoxy groups -OCH3 is 1. The molecule has 0 saturated heterocycles. The Morgan fingerprint density at radius 3 is 2.11 bits per heavy atom. The second-order valence-corrected chi connectivity index (χ2v) is 15.7.